The van der Waals surface area contributed by atoms with Gasteiger partial charge in [-0.15, -0.1) is 0 Å². The number of fused-ring (bicyclic) bond motifs is 1. The Hall–Kier alpha value is -2.53. The molecule has 0 fully saturated rings. The molecule has 0 aliphatic heterocycles. The summed E-state index contributed by atoms with van der Waals surface area (Å²) in [6.45, 7) is 10.9. The van der Waals surface area contributed by atoms with E-state index in [1.165, 1.54) is 39.9 Å². The van der Waals surface area contributed by atoms with Gasteiger partial charge in [0.2, 0.25) is 10.0 Å². The van der Waals surface area contributed by atoms with E-state index >= 15 is 0 Å². The highest BCUT2D eigenvalue weighted by Gasteiger charge is 2.23. The van der Waals surface area contributed by atoms with Gasteiger partial charge in [0.15, 0.2) is 4.80 Å². The van der Waals surface area contributed by atoms with Gasteiger partial charge in [-0.2, -0.15) is 9.30 Å². The molecule has 1 amide bonds. The third kappa shape index (κ3) is 6.61. The zero-order chi connectivity index (χ0) is 26.1. The van der Waals surface area contributed by atoms with Crippen LogP contribution in [0.1, 0.15) is 50.9 Å². The lowest BCUT2D eigenvalue weighted by Crippen LogP contribution is -2.32. The van der Waals surface area contributed by atoms with E-state index in [1.807, 2.05) is 50.5 Å². The molecule has 0 saturated carbocycles. The summed E-state index contributed by atoms with van der Waals surface area (Å²) in [6, 6.07) is 11.8. The van der Waals surface area contributed by atoms with Crippen LogP contribution in [-0.4, -0.2) is 56.1 Å². The Morgan fingerprint density at radius 2 is 1.69 bits per heavy atom. The average Bonchev–Trinajstić information content (AvgIpc) is 3.20. The van der Waals surface area contributed by atoms with Gasteiger partial charge < -0.3 is 14.0 Å². The number of hydrogen-bond donors (Lipinski definition) is 0. The molecular weight excluding hydrogens is 498 g/mol. The fourth-order valence-electron chi connectivity index (χ4n) is 3.83. The van der Waals surface area contributed by atoms with Gasteiger partial charge in [0, 0.05) is 31.8 Å². The average molecular weight is 534 g/mol. The number of amides is 1. The number of aromatic nitrogens is 1. The number of thiazole rings is 1. The SMILES string of the molecule is CCCN(CCC)S(=O)(=O)c1ccc(C(=O)N=c2sc3cc(OCC)ccc3n2CCOCC)cc1. The third-order valence-corrected chi connectivity index (χ3v) is 8.46. The second-order valence-corrected chi connectivity index (χ2v) is 11.1. The molecule has 0 bridgehead atoms. The Balaban J connectivity index is 1.94. The standard InChI is InChI=1S/C26H35N3O5S2/c1-5-15-28(16-6-2)36(31,32)22-12-9-20(10-13-22)25(30)27-26-29(17-18-33-7-3)23-14-11-21(34-8-4)19-24(23)35-26/h9-14,19H,5-8,15-18H2,1-4H3. The van der Waals surface area contributed by atoms with Gasteiger partial charge in [0.05, 0.1) is 28.3 Å². The molecule has 2 aromatic carbocycles. The Labute approximate surface area is 217 Å². The number of sulfonamides is 1. The third-order valence-electron chi connectivity index (χ3n) is 5.51. The molecule has 3 aromatic rings. The molecule has 196 valence electrons. The van der Waals surface area contributed by atoms with Crippen LogP contribution in [0.4, 0.5) is 0 Å². The van der Waals surface area contributed by atoms with E-state index < -0.39 is 15.9 Å². The minimum absolute atomic E-state index is 0.179. The highest BCUT2D eigenvalue weighted by atomic mass is 32.2. The van der Waals surface area contributed by atoms with E-state index in [0.29, 0.717) is 49.8 Å². The van der Waals surface area contributed by atoms with Crippen LogP contribution in [0.25, 0.3) is 10.2 Å². The Morgan fingerprint density at radius 1 is 1.00 bits per heavy atom. The maximum Gasteiger partial charge on any atom is 0.279 e. The maximum absolute atomic E-state index is 13.1. The molecule has 0 aliphatic carbocycles. The number of benzene rings is 2. The first kappa shape index (κ1) is 28.0. The smallest absolute Gasteiger partial charge is 0.279 e. The predicted octanol–water partition coefficient (Wildman–Crippen LogP) is 4.69. The van der Waals surface area contributed by atoms with E-state index in [0.717, 1.165) is 28.8 Å². The van der Waals surface area contributed by atoms with Crippen LogP contribution in [0.15, 0.2) is 52.4 Å². The van der Waals surface area contributed by atoms with Gasteiger partial charge >= 0.3 is 0 Å². The molecule has 0 saturated heterocycles. The van der Waals surface area contributed by atoms with Crippen LogP contribution >= 0.6 is 11.3 Å². The minimum atomic E-state index is -3.61. The lowest BCUT2D eigenvalue weighted by molar-refractivity contribution is 0.0996. The number of ether oxygens (including phenoxy) is 2. The summed E-state index contributed by atoms with van der Waals surface area (Å²) in [6.07, 6.45) is 1.47. The largest absolute Gasteiger partial charge is 0.494 e. The van der Waals surface area contributed by atoms with Crippen LogP contribution in [0, 0.1) is 0 Å². The van der Waals surface area contributed by atoms with Crippen molar-refractivity contribution in [2.75, 3.05) is 32.9 Å². The fraction of sp³-hybridized carbons (Fsp3) is 0.462. The summed E-state index contributed by atoms with van der Waals surface area (Å²) in [7, 11) is -3.61. The van der Waals surface area contributed by atoms with Crippen molar-refractivity contribution in [3.8, 4) is 5.75 Å². The summed E-state index contributed by atoms with van der Waals surface area (Å²) >= 11 is 1.40. The van der Waals surface area contributed by atoms with Gasteiger partial charge in [0.1, 0.15) is 5.75 Å². The zero-order valence-electron chi connectivity index (χ0n) is 21.4. The lowest BCUT2D eigenvalue weighted by atomic mass is 10.2. The van der Waals surface area contributed by atoms with Crippen LogP contribution < -0.4 is 9.54 Å². The van der Waals surface area contributed by atoms with Gasteiger partial charge in [-0.25, -0.2) is 8.42 Å². The van der Waals surface area contributed by atoms with Crippen LogP contribution in [0.5, 0.6) is 5.75 Å². The lowest BCUT2D eigenvalue weighted by Gasteiger charge is -2.21. The molecule has 0 radical (unpaired) electrons. The molecule has 10 heteroatoms. The van der Waals surface area contributed by atoms with E-state index in [9.17, 15) is 13.2 Å². The molecular formula is C26H35N3O5S2. The first-order chi connectivity index (χ1) is 17.3. The van der Waals surface area contributed by atoms with E-state index in [1.54, 1.807) is 0 Å². The Kier molecular flexibility index (Phi) is 10.2. The summed E-state index contributed by atoms with van der Waals surface area (Å²) in [5, 5.41) is 0. The zero-order valence-corrected chi connectivity index (χ0v) is 23.0. The van der Waals surface area contributed by atoms with Crippen molar-refractivity contribution in [2.24, 2.45) is 4.99 Å². The van der Waals surface area contributed by atoms with Crippen molar-refractivity contribution >= 4 is 37.5 Å². The molecule has 1 heterocycles. The first-order valence-corrected chi connectivity index (χ1v) is 14.6. The number of carbonyl (C=O) groups is 1. The van der Waals surface area contributed by atoms with Crippen LogP contribution in [0.3, 0.4) is 0 Å². The Morgan fingerprint density at radius 3 is 2.31 bits per heavy atom. The molecule has 0 unspecified atom stereocenters. The van der Waals surface area contributed by atoms with Crippen molar-refractivity contribution in [2.45, 2.75) is 52.0 Å². The maximum atomic E-state index is 13.1. The second kappa shape index (κ2) is 13.1. The van der Waals surface area contributed by atoms with E-state index in [-0.39, 0.29) is 4.90 Å². The number of hydrogen-bond acceptors (Lipinski definition) is 6. The van der Waals surface area contributed by atoms with Crippen molar-refractivity contribution in [3.05, 3.63) is 52.8 Å². The molecule has 36 heavy (non-hydrogen) atoms. The van der Waals surface area contributed by atoms with Crippen LogP contribution in [-0.2, 0) is 21.3 Å². The van der Waals surface area contributed by atoms with Crippen molar-refractivity contribution in [1.82, 2.24) is 8.87 Å². The summed E-state index contributed by atoms with van der Waals surface area (Å²) in [4.78, 5) is 18.2. The second-order valence-electron chi connectivity index (χ2n) is 8.14. The van der Waals surface area contributed by atoms with Gasteiger partial charge in [-0.1, -0.05) is 25.2 Å². The van der Waals surface area contributed by atoms with E-state index in [2.05, 4.69) is 4.99 Å². The van der Waals surface area contributed by atoms with E-state index in [4.69, 9.17) is 9.47 Å². The molecule has 1 aromatic heterocycles. The van der Waals surface area contributed by atoms with Crippen molar-refractivity contribution in [1.29, 1.82) is 0 Å². The quantitative estimate of drug-likeness (QED) is 0.297. The molecule has 0 aliphatic rings. The summed E-state index contributed by atoms with van der Waals surface area (Å²) in [5.74, 6) is 0.331. The number of rotatable bonds is 13. The van der Waals surface area contributed by atoms with Gasteiger partial charge in [-0.05, 0) is 69.2 Å². The summed E-state index contributed by atoms with van der Waals surface area (Å²) < 4.78 is 41.6. The van der Waals surface area contributed by atoms with Crippen molar-refractivity contribution < 1.29 is 22.7 Å². The fourth-order valence-corrected chi connectivity index (χ4v) is 6.54. The monoisotopic (exact) mass is 533 g/mol. The highest BCUT2D eigenvalue weighted by molar-refractivity contribution is 7.89. The first-order valence-electron chi connectivity index (χ1n) is 12.4. The molecule has 0 N–H and O–H groups in total. The predicted molar refractivity (Wildman–Crippen MR) is 143 cm³/mol. The topological polar surface area (TPSA) is 90.2 Å². The van der Waals surface area contributed by atoms with Crippen molar-refractivity contribution in [3.63, 3.8) is 0 Å². The van der Waals surface area contributed by atoms with Crippen LogP contribution in [0.2, 0.25) is 0 Å². The molecule has 0 spiro atoms. The Bertz CT molecular complexity index is 1320. The number of carbonyl (C=O) groups excluding carboxylic acids is 1. The molecule has 3 rings (SSSR count). The van der Waals surface area contributed by atoms with Gasteiger partial charge in [-0.3, -0.25) is 4.79 Å². The summed E-state index contributed by atoms with van der Waals surface area (Å²) in [5.41, 5.74) is 1.28. The normalized spacial score (nSPS) is 12.5. The minimum Gasteiger partial charge on any atom is -0.494 e. The molecule has 0 atom stereocenters. The highest BCUT2D eigenvalue weighted by Crippen LogP contribution is 2.24. The molecule has 8 nitrogen and oxygen atoms in total. The number of nitrogens with zero attached hydrogens (tertiary/aromatic N) is 3. The van der Waals surface area contributed by atoms with Gasteiger partial charge in [0.25, 0.3) is 5.91 Å².